The molecule has 10 rings (SSSR count). The second kappa shape index (κ2) is 9.35. The lowest BCUT2D eigenvalue weighted by atomic mass is 9.33. The van der Waals surface area contributed by atoms with E-state index in [-0.39, 0.29) is 6.71 Å². The van der Waals surface area contributed by atoms with Crippen LogP contribution in [-0.4, -0.2) is 6.71 Å². The van der Waals surface area contributed by atoms with Crippen molar-refractivity contribution in [3.8, 4) is 0 Å². The second-order valence-corrected chi connectivity index (χ2v) is 12.2. The number of nitrogens with zero attached hydrogens (tertiary/aromatic N) is 2. The lowest BCUT2D eigenvalue weighted by molar-refractivity contribution is 1.26. The second-order valence-electron chi connectivity index (χ2n) is 12.2. The minimum Gasteiger partial charge on any atom is -0.311 e. The molecule has 8 aromatic carbocycles. The van der Waals surface area contributed by atoms with Crippen molar-refractivity contribution >= 4 is 89.5 Å². The average molecular weight is 571 g/mol. The highest BCUT2D eigenvalue weighted by molar-refractivity contribution is 7.00. The lowest BCUT2D eigenvalue weighted by Crippen LogP contribution is -2.61. The Kier molecular flexibility index (Phi) is 5.12. The van der Waals surface area contributed by atoms with Crippen LogP contribution in [-0.2, 0) is 0 Å². The third-order valence-electron chi connectivity index (χ3n) is 9.76. The first-order valence-electron chi connectivity index (χ1n) is 15.6. The molecule has 2 heterocycles. The average Bonchev–Trinajstić information content (AvgIpc) is 3.10. The van der Waals surface area contributed by atoms with Crippen LogP contribution in [0.3, 0.4) is 0 Å². The van der Waals surface area contributed by atoms with Crippen molar-refractivity contribution in [2.75, 3.05) is 9.80 Å². The van der Waals surface area contributed by atoms with Crippen LogP contribution in [0.1, 0.15) is 0 Å². The van der Waals surface area contributed by atoms with E-state index >= 15 is 0 Å². The fourth-order valence-corrected chi connectivity index (χ4v) is 7.83. The van der Waals surface area contributed by atoms with Crippen LogP contribution in [0.4, 0.5) is 34.1 Å². The van der Waals surface area contributed by atoms with Crippen molar-refractivity contribution in [2.24, 2.45) is 0 Å². The molecular formula is C42H27BN2. The highest BCUT2D eigenvalue weighted by atomic mass is 15.2. The number of benzene rings is 8. The fourth-order valence-electron chi connectivity index (χ4n) is 7.83. The van der Waals surface area contributed by atoms with Gasteiger partial charge in [-0.25, -0.2) is 0 Å². The van der Waals surface area contributed by atoms with E-state index in [1.807, 2.05) is 0 Å². The molecule has 0 N–H and O–H groups in total. The SMILES string of the molecule is c1ccc2c(c1)B1c3cc4ccccc4cc3N(c3ccc4ccccc4c3)c3cccc(c31)N2c1cccc2ccccc12. The molecule has 0 radical (unpaired) electrons. The maximum absolute atomic E-state index is 2.50. The van der Waals surface area contributed by atoms with Gasteiger partial charge in [-0.1, -0.05) is 121 Å². The molecule has 3 heteroatoms. The Morgan fingerprint density at radius 2 is 0.911 bits per heavy atom. The molecule has 8 aromatic rings. The molecule has 0 unspecified atom stereocenters. The summed E-state index contributed by atoms with van der Waals surface area (Å²) in [5.41, 5.74) is 11.3. The van der Waals surface area contributed by atoms with Gasteiger partial charge in [-0.15, -0.1) is 0 Å². The van der Waals surface area contributed by atoms with E-state index in [0.717, 1.165) is 0 Å². The van der Waals surface area contributed by atoms with E-state index in [9.17, 15) is 0 Å². The van der Waals surface area contributed by atoms with Crippen LogP contribution in [0.25, 0.3) is 32.3 Å². The topological polar surface area (TPSA) is 6.48 Å². The van der Waals surface area contributed by atoms with Crippen molar-refractivity contribution in [3.63, 3.8) is 0 Å². The summed E-state index contributed by atoms with van der Waals surface area (Å²) < 4.78 is 0. The van der Waals surface area contributed by atoms with Crippen LogP contribution < -0.4 is 26.2 Å². The molecule has 2 aliphatic heterocycles. The van der Waals surface area contributed by atoms with Gasteiger partial charge in [-0.3, -0.25) is 0 Å². The van der Waals surface area contributed by atoms with Gasteiger partial charge in [0.25, 0.3) is 6.71 Å². The molecule has 0 amide bonds. The molecule has 0 aliphatic carbocycles. The lowest BCUT2D eigenvalue weighted by Gasteiger charge is -2.44. The monoisotopic (exact) mass is 570 g/mol. The highest BCUT2D eigenvalue weighted by Crippen LogP contribution is 2.46. The standard InChI is InChI=1S/C42H27BN2/c1-2-13-30-25-33(24-23-28(30)11-1)44-39-21-10-22-40-42(39)43(36-26-31-14-3-4-15-32(31)27-41(36)44)35-18-7-8-19-38(35)45(40)37-20-9-16-29-12-5-6-17-34(29)37/h1-27H. The number of fused-ring (bicyclic) bond motifs is 7. The predicted octanol–water partition coefficient (Wildman–Crippen LogP) is 9.23. The third kappa shape index (κ3) is 3.52. The maximum Gasteiger partial charge on any atom is 0.252 e. The van der Waals surface area contributed by atoms with Crippen LogP contribution in [0.5, 0.6) is 0 Å². The Balaban J connectivity index is 1.32. The van der Waals surface area contributed by atoms with Gasteiger partial charge in [0.1, 0.15) is 0 Å². The molecular weight excluding hydrogens is 543 g/mol. The van der Waals surface area contributed by atoms with Crippen molar-refractivity contribution in [1.29, 1.82) is 0 Å². The summed E-state index contributed by atoms with van der Waals surface area (Å²) >= 11 is 0. The summed E-state index contributed by atoms with van der Waals surface area (Å²) in [6.45, 7) is 0.106. The van der Waals surface area contributed by atoms with E-state index in [1.165, 1.54) is 82.8 Å². The maximum atomic E-state index is 2.50. The van der Waals surface area contributed by atoms with Gasteiger partial charge in [0.05, 0.1) is 5.69 Å². The van der Waals surface area contributed by atoms with Crippen molar-refractivity contribution < 1.29 is 0 Å². The minimum atomic E-state index is 0.106. The molecule has 2 aliphatic rings. The molecule has 0 saturated heterocycles. The Labute approximate surface area is 262 Å². The molecule has 45 heavy (non-hydrogen) atoms. The number of rotatable bonds is 2. The van der Waals surface area contributed by atoms with Crippen LogP contribution in [0.2, 0.25) is 0 Å². The number of hydrogen-bond donors (Lipinski definition) is 0. The van der Waals surface area contributed by atoms with E-state index < -0.39 is 0 Å². The van der Waals surface area contributed by atoms with Gasteiger partial charge in [-0.2, -0.15) is 0 Å². The Morgan fingerprint density at radius 1 is 0.333 bits per heavy atom. The molecule has 0 saturated carbocycles. The van der Waals surface area contributed by atoms with Crippen molar-refractivity contribution in [2.45, 2.75) is 0 Å². The number of para-hydroxylation sites is 1. The Bertz CT molecular complexity index is 2480. The zero-order valence-corrected chi connectivity index (χ0v) is 24.6. The molecule has 2 nitrogen and oxygen atoms in total. The van der Waals surface area contributed by atoms with Crippen LogP contribution in [0, 0.1) is 0 Å². The Hall–Kier alpha value is -5.80. The quantitative estimate of drug-likeness (QED) is 0.191. The van der Waals surface area contributed by atoms with Crippen LogP contribution in [0.15, 0.2) is 164 Å². The summed E-state index contributed by atoms with van der Waals surface area (Å²) in [7, 11) is 0. The van der Waals surface area contributed by atoms with Gasteiger partial charge in [0, 0.05) is 33.8 Å². The van der Waals surface area contributed by atoms with Crippen molar-refractivity contribution in [1.82, 2.24) is 0 Å². The first kappa shape index (κ1) is 24.6. The molecule has 0 atom stereocenters. The largest absolute Gasteiger partial charge is 0.311 e. The smallest absolute Gasteiger partial charge is 0.252 e. The van der Waals surface area contributed by atoms with E-state index in [2.05, 4.69) is 174 Å². The highest BCUT2D eigenvalue weighted by Gasteiger charge is 2.43. The van der Waals surface area contributed by atoms with E-state index in [4.69, 9.17) is 0 Å². The number of hydrogen-bond acceptors (Lipinski definition) is 2. The summed E-state index contributed by atoms with van der Waals surface area (Å²) in [6, 6.07) is 60.4. The predicted molar refractivity (Wildman–Crippen MR) is 193 cm³/mol. The van der Waals surface area contributed by atoms with E-state index in [1.54, 1.807) is 0 Å². The number of anilines is 6. The van der Waals surface area contributed by atoms with Crippen molar-refractivity contribution in [3.05, 3.63) is 164 Å². The first-order valence-corrected chi connectivity index (χ1v) is 15.6. The summed E-state index contributed by atoms with van der Waals surface area (Å²) in [6.07, 6.45) is 0. The third-order valence-corrected chi connectivity index (χ3v) is 9.76. The summed E-state index contributed by atoms with van der Waals surface area (Å²) in [4.78, 5) is 5.00. The molecule has 0 bridgehead atoms. The fraction of sp³-hybridized carbons (Fsp3) is 0. The molecule has 208 valence electrons. The molecule has 0 aromatic heterocycles. The molecule has 0 spiro atoms. The van der Waals surface area contributed by atoms with Gasteiger partial charge >= 0.3 is 0 Å². The van der Waals surface area contributed by atoms with E-state index in [0.29, 0.717) is 0 Å². The van der Waals surface area contributed by atoms with Crippen LogP contribution >= 0.6 is 0 Å². The normalized spacial score (nSPS) is 13.2. The Morgan fingerprint density at radius 3 is 1.76 bits per heavy atom. The van der Waals surface area contributed by atoms with Gasteiger partial charge in [0.15, 0.2) is 0 Å². The van der Waals surface area contributed by atoms with Gasteiger partial charge in [0.2, 0.25) is 0 Å². The minimum absolute atomic E-state index is 0.106. The first-order chi connectivity index (χ1) is 22.3. The van der Waals surface area contributed by atoms with Gasteiger partial charge < -0.3 is 9.80 Å². The summed E-state index contributed by atoms with van der Waals surface area (Å²) in [5.74, 6) is 0. The summed E-state index contributed by atoms with van der Waals surface area (Å²) in [5, 5.41) is 7.51. The zero-order chi connectivity index (χ0) is 29.5. The van der Waals surface area contributed by atoms with Gasteiger partial charge in [-0.05, 0) is 85.8 Å². The zero-order valence-electron chi connectivity index (χ0n) is 24.6. The molecule has 0 fully saturated rings.